The summed E-state index contributed by atoms with van der Waals surface area (Å²) in [5.74, 6) is -0.523. The molecular formula is C12H24O3. The van der Waals surface area contributed by atoms with E-state index in [1.165, 1.54) is 19.3 Å². The Morgan fingerprint density at radius 3 is 2.13 bits per heavy atom. The lowest BCUT2D eigenvalue weighted by molar-refractivity contribution is -0.234. The number of rotatable bonds is 7. The van der Waals surface area contributed by atoms with Crippen molar-refractivity contribution in [3.8, 4) is 0 Å². The van der Waals surface area contributed by atoms with Crippen molar-refractivity contribution < 1.29 is 14.9 Å². The summed E-state index contributed by atoms with van der Waals surface area (Å²) in [5, 5.41) is 8.02. The Balaban J connectivity index is 3.16. The van der Waals surface area contributed by atoms with Crippen LogP contribution in [0.5, 0.6) is 0 Å². The Labute approximate surface area is 92.8 Å². The molecule has 0 spiro atoms. The fourth-order valence-corrected chi connectivity index (χ4v) is 1.50. The second-order valence-electron chi connectivity index (χ2n) is 5.29. The van der Waals surface area contributed by atoms with Gasteiger partial charge in [0, 0.05) is 6.42 Å². The normalized spacial score (nSPS) is 11.5. The van der Waals surface area contributed by atoms with Gasteiger partial charge in [0.2, 0.25) is 0 Å². The largest absolute Gasteiger partial charge is 0.342 e. The van der Waals surface area contributed by atoms with Gasteiger partial charge in [-0.05, 0) is 18.3 Å². The summed E-state index contributed by atoms with van der Waals surface area (Å²) >= 11 is 0. The number of unbranched alkanes of at least 4 members (excludes halogenated alkanes) is 4. The quantitative estimate of drug-likeness (QED) is 0.400. The summed E-state index contributed by atoms with van der Waals surface area (Å²) in [4.78, 5) is 14.1. The predicted octanol–water partition coefficient (Wildman–Crippen LogP) is 3.78. The Kier molecular flexibility index (Phi) is 7.39. The molecule has 0 radical (unpaired) electrons. The van der Waals surface area contributed by atoms with Crippen LogP contribution in [0.25, 0.3) is 0 Å². The van der Waals surface area contributed by atoms with Crippen molar-refractivity contribution in [2.24, 2.45) is 5.41 Å². The molecule has 0 rings (SSSR count). The van der Waals surface area contributed by atoms with Crippen molar-refractivity contribution in [1.82, 2.24) is 0 Å². The highest BCUT2D eigenvalue weighted by Gasteiger charge is 2.08. The van der Waals surface area contributed by atoms with Gasteiger partial charge in [0.15, 0.2) is 0 Å². The molecule has 1 N–H and O–H groups in total. The molecule has 3 nitrogen and oxygen atoms in total. The summed E-state index contributed by atoms with van der Waals surface area (Å²) in [5.41, 5.74) is 0.431. The zero-order valence-electron chi connectivity index (χ0n) is 10.2. The highest BCUT2D eigenvalue weighted by atomic mass is 17.1. The monoisotopic (exact) mass is 216 g/mol. The molecule has 0 amide bonds. The highest BCUT2D eigenvalue weighted by Crippen LogP contribution is 2.22. The molecule has 90 valence electrons. The van der Waals surface area contributed by atoms with E-state index < -0.39 is 5.97 Å². The van der Waals surface area contributed by atoms with E-state index in [1.54, 1.807) is 0 Å². The summed E-state index contributed by atoms with van der Waals surface area (Å²) in [6.45, 7) is 6.76. The average molecular weight is 216 g/mol. The van der Waals surface area contributed by atoms with E-state index in [9.17, 15) is 4.79 Å². The molecule has 0 fully saturated rings. The molecule has 15 heavy (non-hydrogen) atoms. The minimum Gasteiger partial charge on any atom is -0.301 e. The Morgan fingerprint density at radius 1 is 1.07 bits per heavy atom. The van der Waals surface area contributed by atoms with Crippen molar-refractivity contribution in [3.05, 3.63) is 0 Å². The number of hydrogen-bond donors (Lipinski definition) is 1. The van der Waals surface area contributed by atoms with E-state index >= 15 is 0 Å². The van der Waals surface area contributed by atoms with Crippen LogP contribution >= 0.6 is 0 Å². The third-order valence-corrected chi connectivity index (χ3v) is 2.41. The highest BCUT2D eigenvalue weighted by molar-refractivity contribution is 5.68. The fourth-order valence-electron chi connectivity index (χ4n) is 1.50. The molecule has 0 aliphatic carbocycles. The topological polar surface area (TPSA) is 46.5 Å². The molecule has 0 bridgehead atoms. The van der Waals surface area contributed by atoms with Crippen molar-refractivity contribution in [2.75, 3.05) is 0 Å². The first kappa shape index (κ1) is 14.4. The van der Waals surface area contributed by atoms with Crippen molar-refractivity contribution in [3.63, 3.8) is 0 Å². The van der Waals surface area contributed by atoms with Gasteiger partial charge in [0.05, 0.1) is 0 Å². The molecule has 0 aliphatic heterocycles. The predicted molar refractivity (Wildman–Crippen MR) is 60.5 cm³/mol. The molecule has 0 unspecified atom stereocenters. The van der Waals surface area contributed by atoms with Crippen LogP contribution in [0.1, 0.15) is 65.7 Å². The first-order valence-corrected chi connectivity index (χ1v) is 5.80. The third-order valence-electron chi connectivity index (χ3n) is 2.41. The molecule has 3 heteroatoms. The third kappa shape index (κ3) is 11.4. The van der Waals surface area contributed by atoms with Crippen LogP contribution < -0.4 is 0 Å². The van der Waals surface area contributed by atoms with Gasteiger partial charge in [0.1, 0.15) is 0 Å². The summed E-state index contributed by atoms with van der Waals surface area (Å²) in [7, 11) is 0. The lowest BCUT2D eigenvalue weighted by atomic mass is 9.89. The molecule has 0 aromatic carbocycles. The maximum absolute atomic E-state index is 10.6. The standard InChI is InChI=1S/C12H24O3/c1-12(2,3)10-8-6-4-5-7-9-11(13)15-14/h14H,4-10H2,1-3H3. The van der Waals surface area contributed by atoms with Gasteiger partial charge in [0.25, 0.3) is 0 Å². The summed E-state index contributed by atoms with van der Waals surface area (Å²) in [6, 6.07) is 0. The smallest absolute Gasteiger partial charge is 0.301 e. The van der Waals surface area contributed by atoms with Crippen molar-refractivity contribution in [2.45, 2.75) is 65.7 Å². The van der Waals surface area contributed by atoms with Crippen LogP contribution in [0, 0.1) is 5.41 Å². The molecular weight excluding hydrogens is 192 g/mol. The zero-order chi connectivity index (χ0) is 11.7. The molecule has 0 atom stereocenters. The van der Waals surface area contributed by atoms with Gasteiger partial charge in [-0.25, -0.2) is 4.79 Å². The maximum atomic E-state index is 10.6. The molecule has 0 heterocycles. The zero-order valence-corrected chi connectivity index (χ0v) is 10.2. The minimum absolute atomic E-state index is 0.329. The van der Waals surface area contributed by atoms with E-state index in [-0.39, 0.29) is 0 Å². The number of carbonyl (C=O) groups is 1. The Hall–Kier alpha value is -0.570. The van der Waals surface area contributed by atoms with Crippen LogP contribution in [0.4, 0.5) is 0 Å². The van der Waals surface area contributed by atoms with Gasteiger partial charge >= 0.3 is 5.97 Å². The van der Waals surface area contributed by atoms with Gasteiger partial charge < -0.3 is 4.89 Å². The van der Waals surface area contributed by atoms with Crippen LogP contribution in [-0.2, 0) is 9.68 Å². The molecule has 0 aromatic heterocycles. The Bertz CT molecular complexity index is 170. The van der Waals surface area contributed by atoms with Crippen LogP contribution in [0.3, 0.4) is 0 Å². The second-order valence-corrected chi connectivity index (χ2v) is 5.29. The average Bonchev–Trinajstić information content (AvgIpc) is 2.14. The van der Waals surface area contributed by atoms with E-state index in [1.807, 2.05) is 0 Å². The summed E-state index contributed by atoms with van der Waals surface area (Å²) < 4.78 is 0. The van der Waals surface area contributed by atoms with E-state index in [0.29, 0.717) is 11.8 Å². The fraction of sp³-hybridized carbons (Fsp3) is 0.917. The Morgan fingerprint density at radius 2 is 1.60 bits per heavy atom. The lowest BCUT2D eigenvalue weighted by Crippen LogP contribution is -2.04. The van der Waals surface area contributed by atoms with E-state index in [2.05, 4.69) is 25.7 Å². The van der Waals surface area contributed by atoms with Gasteiger partial charge in [-0.1, -0.05) is 46.5 Å². The van der Waals surface area contributed by atoms with Crippen LogP contribution in [0.2, 0.25) is 0 Å². The number of carbonyl (C=O) groups excluding carboxylic acids is 1. The van der Waals surface area contributed by atoms with Crippen LogP contribution in [-0.4, -0.2) is 11.2 Å². The molecule has 0 saturated heterocycles. The molecule has 0 saturated carbocycles. The first-order valence-electron chi connectivity index (χ1n) is 5.80. The van der Waals surface area contributed by atoms with Crippen molar-refractivity contribution in [1.29, 1.82) is 0 Å². The maximum Gasteiger partial charge on any atom is 0.342 e. The first-order chi connectivity index (χ1) is 6.95. The molecule has 0 aromatic rings. The molecule has 0 aliphatic rings. The second kappa shape index (κ2) is 7.69. The van der Waals surface area contributed by atoms with E-state index in [4.69, 9.17) is 5.26 Å². The SMILES string of the molecule is CC(C)(C)CCCCCCCC(=O)OO. The van der Waals surface area contributed by atoms with E-state index in [0.717, 1.165) is 19.3 Å². The van der Waals surface area contributed by atoms with Crippen molar-refractivity contribution >= 4 is 5.97 Å². The lowest BCUT2D eigenvalue weighted by Gasteiger charge is -2.17. The van der Waals surface area contributed by atoms with Gasteiger partial charge in [-0.15, -0.1) is 0 Å². The van der Waals surface area contributed by atoms with Crippen LogP contribution in [0.15, 0.2) is 0 Å². The summed E-state index contributed by atoms with van der Waals surface area (Å²) in [6.07, 6.45) is 7.09. The van der Waals surface area contributed by atoms with Gasteiger partial charge in [-0.2, -0.15) is 5.26 Å². The number of hydrogen-bond acceptors (Lipinski definition) is 3. The minimum atomic E-state index is -0.523. The van der Waals surface area contributed by atoms with Gasteiger partial charge in [-0.3, -0.25) is 0 Å².